The molecule has 0 amide bonds. The van der Waals surface area contributed by atoms with Gasteiger partial charge in [0.05, 0.1) is 0 Å². The lowest BCUT2D eigenvalue weighted by Gasteiger charge is -2.31. The van der Waals surface area contributed by atoms with Gasteiger partial charge in [0, 0.05) is 23.5 Å². The van der Waals surface area contributed by atoms with Crippen molar-refractivity contribution in [2.45, 2.75) is 59.0 Å². The molecule has 2 heteroatoms. The van der Waals surface area contributed by atoms with E-state index in [0.717, 1.165) is 11.7 Å². The van der Waals surface area contributed by atoms with Gasteiger partial charge in [0.25, 0.3) is 0 Å². The van der Waals surface area contributed by atoms with Crippen LogP contribution in [0.15, 0.2) is 6.07 Å². The van der Waals surface area contributed by atoms with Crippen molar-refractivity contribution in [2.75, 3.05) is 0 Å². The SMILES string of the molecule is Cc1cc(C)c(C(C)NC2CCC2)c(C)n1. The Bertz CT molecular complexity index is 357. The molecule has 0 radical (unpaired) electrons. The standard InChI is InChI=1S/C14H22N2/c1-9-8-10(2)15-11(3)14(9)12(4)16-13-6-5-7-13/h8,12-13,16H,5-7H2,1-4H3. The van der Waals surface area contributed by atoms with Crippen molar-refractivity contribution in [3.63, 3.8) is 0 Å². The second kappa shape index (κ2) is 4.54. The van der Waals surface area contributed by atoms with Crippen LogP contribution >= 0.6 is 0 Å². The number of rotatable bonds is 3. The van der Waals surface area contributed by atoms with E-state index in [1.54, 1.807) is 0 Å². The number of hydrogen-bond acceptors (Lipinski definition) is 2. The molecule has 1 fully saturated rings. The van der Waals surface area contributed by atoms with Gasteiger partial charge in [0.1, 0.15) is 0 Å². The fourth-order valence-electron chi connectivity index (χ4n) is 2.70. The van der Waals surface area contributed by atoms with Gasteiger partial charge in [-0.25, -0.2) is 0 Å². The highest BCUT2D eigenvalue weighted by Crippen LogP contribution is 2.26. The fourth-order valence-corrected chi connectivity index (χ4v) is 2.70. The molecule has 1 aliphatic rings. The maximum atomic E-state index is 4.57. The number of aryl methyl sites for hydroxylation is 3. The van der Waals surface area contributed by atoms with Crippen LogP contribution in [0, 0.1) is 20.8 Å². The van der Waals surface area contributed by atoms with Gasteiger partial charge in [-0.2, -0.15) is 0 Å². The summed E-state index contributed by atoms with van der Waals surface area (Å²) < 4.78 is 0. The lowest BCUT2D eigenvalue weighted by Crippen LogP contribution is -2.37. The molecule has 0 aliphatic heterocycles. The first-order valence-electron chi connectivity index (χ1n) is 6.28. The number of aromatic nitrogens is 1. The zero-order chi connectivity index (χ0) is 11.7. The number of nitrogens with one attached hydrogen (secondary N) is 1. The van der Waals surface area contributed by atoms with Gasteiger partial charge in [-0.05, 0) is 57.7 Å². The zero-order valence-electron chi connectivity index (χ0n) is 10.8. The average molecular weight is 218 g/mol. The van der Waals surface area contributed by atoms with Crippen LogP contribution in [-0.2, 0) is 0 Å². The molecular formula is C14H22N2. The Morgan fingerprint density at radius 3 is 2.50 bits per heavy atom. The highest BCUT2D eigenvalue weighted by Gasteiger charge is 2.21. The molecule has 1 atom stereocenters. The van der Waals surface area contributed by atoms with E-state index in [9.17, 15) is 0 Å². The largest absolute Gasteiger partial charge is 0.307 e. The summed E-state index contributed by atoms with van der Waals surface area (Å²) in [6, 6.07) is 3.34. The third-order valence-electron chi connectivity index (χ3n) is 3.61. The summed E-state index contributed by atoms with van der Waals surface area (Å²) in [5.74, 6) is 0. The van der Waals surface area contributed by atoms with Crippen molar-refractivity contribution in [1.29, 1.82) is 0 Å². The molecule has 1 unspecified atom stereocenters. The summed E-state index contributed by atoms with van der Waals surface area (Å²) in [6.45, 7) is 8.63. The van der Waals surface area contributed by atoms with E-state index in [-0.39, 0.29) is 0 Å². The summed E-state index contributed by atoms with van der Waals surface area (Å²) in [5.41, 5.74) is 5.05. The highest BCUT2D eigenvalue weighted by molar-refractivity contribution is 5.33. The molecule has 1 aromatic heterocycles. The highest BCUT2D eigenvalue weighted by atomic mass is 15.0. The van der Waals surface area contributed by atoms with Gasteiger partial charge in [0.15, 0.2) is 0 Å². The van der Waals surface area contributed by atoms with Gasteiger partial charge >= 0.3 is 0 Å². The number of hydrogen-bond donors (Lipinski definition) is 1. The molecule has 1 heterocycles. The molecule has 0 aromatic carbocycles. The lowest BCUT2D eigenvalue weighted by atomic mass is 9.91. The van der Waals surface area contributed by atoms with Gasteiger partial charge in [-0.15, -0.1) is 0 Å². The van der Waals surface area contributed by atoms with E-state index in [1.165, 1.54) is 36.1 Å². The van der Waals surface area contributed by atoms with Crippen LogP contribution in [0.25, 0.3) is 0 Å². The first-order chi connectivity index (χ1) is 7.58. The van der Waals surface area contributed by atoms with Crippen LogP contribution in [0.4, 0.5) is 0 Å². The summed E-state index contributed by atoms with van der Waals surface area (Å²) in [7, 11) is 0. The van der Waals surface area contributed by atoms with Crippen molar-refractivity contribution in [1.82, 2.24) is 10.3 Å². The zero-order valence-corrected chi connectivity index (χ0v) is 10.8. The molecule has 1 aliphatic carbocycles. The maximum Gasteiger partial charge on any atom is 0.0426 e. The second-order valence-electron chi connectivity index (χ2n) is 5.10. The molecule has 16 heavy (non-hydrogen) atoms. The minimum absolute atomic E-state index is 0.429. The Balaban J connectivity index is 2.17. The van der Waals surface area contributed by atoms with Crippen molar-refractivity contribution >= 4 is 0 Å². The predicted molar refractivity (Wildman–Crippen MR) is 67.6 cm³/mol. The van der Waals surface area contributed by atoms with Crippen LogP contribution in [0.1, 0.15) is 54.7 Å². The first kappa shape index (κ1) is 11.6. The van der Waals surface area contributed by atoms with E-state index in [1.807, 2.05) is 0 Å². The van der Waals surface area contributed by atoms with Gasteiger partial charge in [0.2, 0.25) is 0 Å². The van der Waals surface area contributed by atoms with Crippen LogP contribution < -0.4 is 5.32 Å². The maximum absolute atomic E-state index is 4.57. The predicted octanol–water partition coefficient (Wildman–Crippen LogP) is 3.21. The van der Waals surface area contributed by atoms with Crippen LogP contribution in [0.3, 0.4) is 0 Å². The van der Waals surface area contributed by atoms with E-state index >= 15 is 0 Å². The Morgan fingerprint density at radius 2 is 2.00 bits per heavy atom. The van der Waals surface area contributed by atoms with E-state index in [0.29, 0.717) is 6.04 Å². The van der Waals surface area contributed by atoms with Crippen molar-refractivity contribution in [3.05, 3.63) is 28.6 Å². The lowest BCUT2D eigenvalue weighted by molar-refractivity contribution is 0.312. The summed E-state index contributed by atoms with van der Waals surface area (Å²) in [6.07, 6.45) is 4.05. The van der Waals surface area contributed by atoms with Crippen LogP contribution in [-0.4, -0.2) is 11.0 Å². The van der Waals surface area contributed by atoms with Crippen molar-refractivity contribution in [2.24, 2.45) is 0 Å². The summed E-state index contributed by atoms with van der Waals surface area (Å²) in [4.78, 5) is 4.57. The summed E-state index contributed by atoms with van der Waals surface area (Å²) >= 11 is 0. The monoisotopic (exact) mass is 218 g/mol. The molecule has 0 bridgehead atoms. The molecule has 0 saturated heterocycles. The first-order valence-corrected chi connectivity index (χ1v) is 6.28. The van der Waals surface area contributed by atoms with Crippen LogP contribution in [0.2, 0.25) is 0 Å². The Kier molecular flexibility index (Phi) is 3.29. The quantitative estimate of drug-likeness (QED) is 0.842. The van der Waals surface area contributed by atoms with Gasteiger partial charge < -0.3 is 5.32 Å². The molecule has 2 rings (SSSR count). The molecule has 0 spiro atoms. The minimum Gasteiger partial charge on any atom is -0.307 e. The second-order valence-corrected chi connectivity index (χ2v) is 5.10. The summed E-state index contributed by atoms with van der Waals surface area (Å²) in [5, 5.41) is 3.69. The topological polar surface area (TPSA) is 24.9 Å². The fraction of sp³-hybridized carbons (Fsp3) is 0.643. The average Bonchev–Trinajstić information content (AvgIpc) is 2.09. The molecule has 1 saturated carbocycles. The smallest absolute Gasteiger partial charge is 0.0426 e. The molecule has 1 aromatic rings. The van der Waals surface area contributed by atoms with Crippen LogP contribution in [0.5, 0.6) is 0 Å². The molecule has 1 N–H and O–H groups in total. The molecule has 2 nitrogen and oxygen atoms in total. The molecule has 88 valence electrons. The normalized spacial score (nSPS) is 18.2. The number of nitrogens with zero attached hydrogens (tertiary/aromatic N) is 1. The molecular weight excluding hydrogens is 196 g/mol. The van der Waals surface area contributed by atoms with Gasteiger partial charge in [-0.3, -0.25) is 4.98 Å². The van der Waals surface area contributed by atoms with E-state index in [2.05, 4.69) is 44.1 Å². The Hall–Kier alpha value is -0.890. The van der Waals surface area contributed by atoms with E-state index in [4.69, 9.17) is 0 Å². The number of pyridine rings is 1. The van der Waals surface area contributed by atoms with Crippen molar-refractivity contribution < 1.29 is 0 Å². The third kappa shape index (κ3) is 2.27. The Morgan fingerprint density at radius 1 is 1.31 bits per heavy atom. The Labute approximate surface area is 98.5 Å². The van der Waals surface area contributed by atoms with Gasteiger partial charge in [-0.1, -0.05) is 6.42 Å². The van der Waals surface area contributed by atoms with E-state index < -0.39 is 0 Å². The van der Waals surface area contributed by atoms with Crippen molar-refractivity contribution in [3.8, 4) is 0 Å². The minimum atomic E-state index is 0.429. The third-order valence-corrected chi connectivity index (χ3v) is 3.61.